The molecule has 28 heavy (non-hydrogen) atoms. The maximum absolute atomic E-state index is 13.1. The van der Waals surface area contributed by atoms with Crippen molar-refractivity contribution in [1.29, 1.82) is 0 Å². The smallest absolute Gasteiger partial charge is 0.353 e. The maximum Gasteiger partial charge on any atom is 0.453 e. The summed E-state index contributed by atoms with van der Waals surface area (Å²) in [6, 6.07) is 8.21. The van der Waals surface area contributed by atoms with Crippen LogP contribution in [0.4, 0.5) is 19.0 Å². The third-order valence-corrected chi connectivity index (χ3v) is 4.49. The van der Waals surface area contributed by atoms with Crippen LogP contribution >= 0.6 is 0 Å². The molecular formula is C17H16F3N7O. The van der Waals surface area contributed by atoms with Gasteiger partial charge >= 0.3 is 6.18 Å². The number of pyridine rings is 1. The molecule has 1 amide bonds. The van der Waals surface area contributed by atoms with Crippen molar-refractivity contribution < 1.29 is 18.0 Å². The van der Waals surface area contributed by atoms with Crippen molar-refractivity contribution in [2.24, 2.45) is 0 Å². The van der Waals surface area contributed by atoms with Gasteiger partial charge in [-0.1, -0.05) is 6.07 Å². The summed E-state index contributed by atoms with van der Waals surface area (Å²) in [7, 11) is 0. The first-order valence-electron chi connectivity index (χ1n) is 8.68. The first-order valence-corrected chi connectivity index (χ1v) is 8.68. The van der Waals surface area contributed by atoms with Gasteiger partial charge in [-0.2, -0.15) is 17.7 Å². The highest BCUT2D eigenvalue weighted by molar-refractivity contribution is 5.92. The molecule has 11 heteroatoms. The van der Waals surface area contributed by atoms with Crippen LogP contribution < -0.4 is 4.90 Å². The Morgan fingerprint density at radius 2 is 1.86 bits per heavy atom. The van der Waals surface area contributed by atoms with Gasteiger partial charge in [0.25, 0.3) is 11.7 Å². The molecule has 0 unspecified atom stereocenters. The molecule has 0 N–H and O–H groups in total. The predicted molar refractivity (Wildman–Crippen MR) is 92.8 cm³/mol. The molecule has 1 fully saturated rings. The number of amides is 1. The van der Waals surface area contributed by atoms with Crippen LogP contribution in [0.5, 0.6) is 0 Å². The third-order valence-electron chi connectivity index (χ3n) is 4.49. The first kappa shape index (κ1) is 18.1. The van der Waals surface area contributed by atoms with Crippen molar-refractivity contribution in [3.8, 4) is 0 Å². The fraction of sp³-hybridized carbons (Fsp3) is 0.353. The van der Waals surface area contributed by atoms with Crippen molar-refractivity contribution in [3.63, 3.8) is 0 Å². The van der Waals surface area contributed by atoms with Crippen LogP contribution in [0.25, 0.3) is 5.65 Å². The first-order chi connectivity index (χ1) is 13.4. The number of aromatic nitrogens is 5. The largest absolute Gasteiger partial charge is 0.453 e. The fourth-order valence-electron chi connectivity index (χ4n) is 3.13. The Bertz CT molecular complexity index is 989. The number of anilines is 1. The van der Waals surface area contributed by atoms with Gasteiger partial charge in [-0.25, -0.2) is 0 Å². The lowest BCUT2D eigenvalue weighted by molar-refractivity contribution is -0.146. The molecule has 0 atom stereocenters. The summed E-state index contributed by atoms with van der Waals surface area (Å²) in [5.41, 5.74) is 0.396. The average Bonchev–Trinajstić information content (AvgIpc) is 2.97. The van der Waals surface area contributed by atoms with E-state index < -0.39 is 12.0 Å². The monoisotopic (exact) mass is 391 g/mol. The summed E-state index contributed by atoms with van der Waals surface area (Å²) < 4.78 is 39.9. The van der Waals surface area contributed by atoms with Gasteiger partial charge in [0, 0.05) is 32.4 Å². The van der Waals surface area contributed by atoms with Gasteiger partial charge in [-0.05, 0) is 30.7 Å². The molecule has 1 saturated heterocycles. The van der Waals surface area contributed by atoms with Gasteiger partial charge in [0.15, 0.2) is 5.65 Å². The maximum atomic E-state index is 13.1. The number of nitrogens with zero attached hydrogens (tertiary/aromatic N) is 7. The van der Waals surface area contributed by atoms with Crippen molar-refractivity contribution >= 4 is 17.4 Å². The van der Waals surface area contributed by atoms with Crippen LogP contribution in [0.15, 0.2) is 36.5 Å². The van der Waals surface area contributed by atoms with E-state index in [9.17, 15) is 18.0 Å². The molecule has 0 spiro atoms. The summed E-state index contributed by atoms with van der Waals surface area (Å²) in [6.45, 7) is 1.96. The van der Waals surface area contributed by atoms with Gasteiger partial charge in [0.1, 0.15) is 11.5 Å². The average molecular weight is 391 g/mol. The van der Waals surface area contributed by atoms with Gasteiger partial charge in [0.2, 0.25) is 0 Å². The normalized spacial score (nSPS) is 15.7. The summed E-state index contributed by atoms with van der Waals surface area (Å²) in [6.07, 6.45) is -2.42. The summed E-state index contributed by atoms with van der Waals surface area (Å²) >= 11 is 0. The lowest BCUT2D eigenvalue weighted by atomic mass is 10.3. The summed E-state index contributed by atoms with van der Waals surface area (Å²) in [5.74, 6) is -0.944. The Hall–Kier alpha value is -3.24. The number of alkyl halides is 3. The fourth-order valence-corrected chi connectivity index (χ4v) is 3.13. The number of fused-ring (bicyclic) bond motifs is 1. The number of halogens is 3. The van der Waals surface area contributed by atoms with Crippen LogP contribution in [0.3, 0.4) is 0 Å². The molecule has 0 aromatic carbocycles. The van der Waals surface area contributed by atoms with Crippen molar-refractivity contribution in [1.82, 2.24) is 29.7 Å². The summed E-state index contributed by atoms with van der Waals surface area (Å²) in [4.78, 5) is 20.2. The molecule has 4 heterocycles. The highest BCUT2D eigenvalue weighted by Crippen LogP contribution is 2.28. The third kappa shape index (κ3) is 3.47. The van der Waals surface area contributed by atoms with E-state index in [1.165, 1.54) is 6.07 Å². The van der Waals surface area contributed by atoms with Gasteiger partial charge in [-0.15, -0.1) is 15.3 Å². The predicted octanol–water partition coefficient (Wildman–Crippen LogP) is 1.89. The van der Waals surface area contributed by atoms with E-state index in [4.69, 9.17) is 0 Å². The highest BCUT2D eigenvalue weighted by Gasteiger charge is 2.37. The van der Waals surface area contributed by atoms with Crippen LogP contribution in [-0.2, 0) is 6.18 Å². The van der Waals surface area contributed by atoms with E-state index in [1.54, 1.807) is 35.4 Å². The van der Waals surface area contributed by atoms with E-state index in [0.717, 1.165) is 0 Å². The lowest BCUT2D eigenvalue weighted by Gasteiger charge is -2.22. The molecule has 3 aromatic heterocycles. The standard InChI is InChI=1S/C17H16F3N7O/c18-17(19,20)16-23-22-13-5-6-14(24-27(13)16)25-8-3-9-26(11-10-25)15(28)12-4-1-2-7-21-12/h1-2,4-7H,3,8-11H2. The number of carbonyl (C=O) groups excluding carboxylic acids is 1. The zero-order valence-corrected chi connectivity index (χ0v) is 14.7. The minimum atomic E-state index is -4.64. The van der Waals surface area contributed by atoms with Crippen LogP contribution in [0, 0.1) is 0 Å². The molecule has 1 aliphatic rings. The minimum absolute atomic E-state index is 0.0258. The Labute approximate surface area is 157 Å². The molecule has 0 saturated carbocycles. The van der Waals surface area contributed by atoms with E-state index in [1.807, 2.05) is 4.90 Å². The topological polar surface area (TPSA) is 79.5 Å². The zero-order valence-electron chi connectivity index (χ0n) is 14.7. The second-order valence-electron chi connectivity index (χ2n) is 6.33. The molecule has 8 nitrogen and oxygen atoms in total. The van der Waals surface area contributed by atoms with Crippen LogP contribution in [-0.4, -0.2) is 61.8 Å². The number of hydrogen-bond acceptors (Lipinski definition) is 6. The van der Waals surface area contributed by atoms with E-state index in [0.29, 0.717) is 48.6 Å². The Kier molecular flexibility index (Phi) is 4.57. The molecule has 146 valence electrons. The van der Waals surface area contributed by atoms with E-state index >= 15 is 0 Å². The highest BCUT2D eigenvalue weighted by atomic mass is 19.4. The van der Waals surface area contributed by atoms with E-state index in [2.05, 4.69) is 20.3 Å². The van der Waals surface area contributed by atoms with Crippen molar-refractivity contribution in [3.05, 3.63) is 48.0 Å². The second-order valence-corrected chi connectivity index (χ2v) is 6.33. The van der Waals surface area contributed by atoms with Gasteiger partial charge in [0.05, 0.1) is 0 Å². The molecular weight excluding hydrogens is 375 g/mol. The van der Waals surface area contributed by atoms with Crippen molar-refractivity contribution in [2.75, 3.05) is 31.1 Å². The number of rotatable bonds is 2. The Morgan fingerprint density at radius 3 is 2.61 bits per heavy atom. The minimum Gasteiger partial charge on any atom is -0.353 e. The SMILES string of the molecule is O=C(c1ccccn1)N1CCCN(c2ccc3nnc(C(F)(F)F)n3n2)CC1. The lowest BCUT2D eigenvalue weighted by Crippen LogP contribution is -2.35. The molecule has 0 bridgehead atoms. The van der Waals surface area contributed by atoms with Gasteiger partial charge < -0.3 is 9.80 Å². The van der Waals surface area contributed by atoms with Crippen LogP contribution in [0.1, 0.15) is 22.7 Å². The van der Waals surface area contributed by atoms with Crippen molar-refractivity contribution in [2.45, 2.75) is 12.6 Å². The molecule has 0 radical (unpaired) electrons. The molecule has 3 aromatic rings. The molecule has 0 aliphatic carbocycles. The Balaban J connectivity index is 1.54. The molecule has 4 rings (SSSR count). The van der Waals surface area contributed by atoms with Gasteiger partial charge in [-0.3, -0.25) is 9.78 Å². The Morgan fingerprint density at radius 1 is 1.00 bits per heavy atom. The summed E-state index contributed by atoms with van der Waals surface area (Å²) in [5, 5.41) is 10.8. The second kappa shape index (κ2) is 7.06. The number of carbonyl (C=O) groups is 1. The van der Waals surface area contributed by atoms with Crippen LogP contribution in [0.2, 0.25) is 0 Å². The number of hydrogen-bond donors (Lipinski definition) is 0. The van der Waals surface area contributed by atoms with E-state index in [-0.39, 0.29) is 11.6 Å². The molecule has 1 aliphatic heterocycles. The zero-order chi connectivity index (χ0) is 19.7. The quantitative estimate of drug-likeness (QED) is 0.664.